The van der Waals surface area contributed by atoms with E-state index in [-0.39, 0.29) is 5.92 Å². The van der Waals surface area contributed by atoms with Gasteiger partial charge in [-0.3, -0.25) is 0 Å². The molecule has 0 heterocycles. The molecule has 0 aliphatic carbocycles. The second kappa shape index (κ2) is 5.99. The van der Waals surface area contributed by atoms with E-state index in [1.54, 1.807) is 0 Å². The summed E-state index contributed by atoms with van der Waals surface area (Å²) in [6.45, 7) is 9.57. The van der Waals surface area contributed by atoms with Crippen LogP contribution in [0.3, 0.4) is 0 Å². The van der Waals surface area contributed by atoms with Crippen molar-refractivity contribution in [1.82, 2.24) is 0 Å². The van der Waals surface area contributed by atoms with Crippen LogP contribution in [0.5, 0.6) is 0 Å². The zero-order chi connectivity index (χ0) is 9.56. The highest BCUT2D eigenvalue weighted by atomic mass is 19.1. The van der Waals surface area contributed by atoms with Crippen LogP contribution < -0.4 is 0 Å². The van der Waals surface area contributed by atoms with Crippen molar-refractivity contribution in [3.05, 3.63) is 24.8 Å². The smallest absolute Gasteiger partial charge is 0.124 e. The molecular formula is C11H19F. The third kappa shape index (κ3) is 3.70. The summed E-state index contributed by atoms with van der Waals surface area (Å²) < 4.78 is 13.2. The van der Waals surface area contributed by atoms with Crippen LogP contribution in [-0.4, -0.2) is 6.17 Å². The predicted octanol–water partition coefficient (Wildman–Crippen LogP) is 3.75. The van der Waals surface area contributed by atoms with Gasteiger partial charge in [0.25, 0.3) is 0 Å². The van der Waals surface area contributed by atoms with E-state index in [9.17, 15) is 4.39 Å². The van der Waals surface area contributed by atoms with Gasteiger partial charge in [0.15, 0.2) is 0 Å². The molecule has 0 nitrogen and oxygen atoms in total. The molecule has 0 fully saturated rings. The first kappa shape index (κ1) is 11.4. The number of allylic oxidation sites excluding steroid dienone is 3. The van der Waals surface area contributed by atoms with E-state index in [2.05, 4.69) is 13.5 Å². The molecule has 2 atom stereocenters. The molecule has 0 rings (SSSR count). The maximum absolute atomic E-state index is 13.2. The minimum Gasteiger partial charge on any atom is -0.242 e. The number of alkyl halides is 1. The maximum atomic E-state index is 13.2. The largest absolute Gasteiger partial charge is 0.242 e. The fraction of sp³-hybridized carbons (Fsp3) is 0.636. The molecule has 0 saturated heterocycles. The summed E-state index contributed by atoms with van der Waals surface area (Å²) in [4.78, 5) is 0. The van der Waals surface area contributed by atoms with Gasteiger partial charge in [-0.1, -0.05) is 39.0 Å². The van der Waals surface area contributed by atoms with Crippen LogP contribution in [0, 0.1) is 11.8 Å². The topological polar surface area (TPSA) is 0 Å². The van der Waals surface area contributed by atoms with Crippen molar-refractivity contribution in [2.24, 2.45) is 11.8 Å². The highest BCUT2D eigenvalue weighted by molar-refractivity contribution is 4.98. The lowest BCUT2D eigenvalue weighted by atomic mass is 9.90. The average Bonchev–Trinajstić information content (AvgIpc) is 2.04. The molecule has 0 aromatic rings. The minimum atomic E-state index is -0.909. The van der Waals surface area contributed by atoms with Crippen LogP contribution in [0.25, 0.3) is 0 Å². The van der Waals surface area contributed by atoms with Crippen LogP contribution >= 0.6 is 0 Å². The monoisotopic (exact) mass is 170 g/mol. The summed E-state index contributed by atoms with van der Waals surface area (Å²) in [7, 11) is 0. The molecule has 0 N–H and O–H groups in total. The Morgan fingerprint density at radius 1 is 1.42 bits per heavy atom. The van der Waals surface area contributed by atoms with Crippen LogP contribution in [-0.2, 0) is 0 Å². The Kier molecular flexibility index (Phi) is 5.69. The third-order valence-electron chi connectivity index (χ3n) is 1.96. The minimum absolute atomic E-state index is 0.0116. The fourth-order valence-corrected chi connectivity index (χ4v) is 1.15. The number of halogens is 1. The molecule has 0 radical (unpaired) electrons. The van der Waals surface area contributed by atoms with E-state index in [1.807, 2.05) is 26.0 Å². The Labute approximate surface area is 75.2 Å². The Balaban J connectivity index is 4.22. The quantitative estimate of drug-likeness (QED) is 0.551. The summed E-state index contributed by atoms with van der Waals surface area (Å²) in [5.41, 5.74) is 0. The predicted molar refractivity (Wildman–Crippen MR) is 52.9 cm³/mol. The van der Waals surface area contributed by atoms with Crippen molar-refractivity contribution in [2.45, 2.75) is 33.4 Å². The molecule has 70 valence electrons. The SMILES string of the molecule is C=CC(F)C(/C=C/CC)C(C)C. The van der Waals surface area contributed by atoms with Crippen LogP contribution in [0.4, 0.5) is 4.39 Å². The van der Waals surface area contributed by atoms with Crippen molar-refractivity contribution in [3.8, 4) is 0 Å². The molecule has 12 heavy (non-hydrogen) atoms. The van der Waals surface area contributed by atoms with Crippen molar-refractivity contribution < 1.29 is 4.39 Å². The van der Waals surface area contributed by atoms with Gasteiger partial charge < -0.3 is 0 Å². The van der Waals surface area contributed by atoms with E-state index in [0.29, 0.717) is 5.92 Å². The van der Waals surface area contributed by atoms with Gasteiger partial charge in [0, 0.05) is 5.92 Å². The maximum Gasteiger partial charge on any atom is 0.124 e. The van der Waals surface area contributed by atoms with Crippen molar-refractivity contribution in [2.75, 3.05) is 0 Å². The van der Waals surface area contributed by atoms with Crippen LogP contribution in [0.2, 0.25) is 0 Å². The summed E-state index contributed by atoms with van der Waals surface area (Å²) >= 11 is 0. The first-order valence-electron chi connectivity index (χ1n) is 4.56. The van der Waals surface area contributed by atoms with Gasteiger partial charge in [-0.2, -0.15) is 0 Å². The molecular weight excluding hydrogens is 151 g/mol. The molecule has 0 bridgehead atoms. The molecule has 1 heteroatoms. The van der Waals surface area contributed by atoms with Crippen LogP contribution in [0.1, 0.15) is 27.2 Å². The van der Waals surface area contributed by atoms with Gasteiger partial charge in [0.05, 0.1) is 0 Å². The summed E-state index contributed by atoms with van der Waals surface area (Å²) in [6, 6.07) is 0. The molecule has 2 unspecified atom stereocenters. The molecule has 0 aliphatic rings. The molecule has 0 amide bonds. The molecule has 0 aromatic carbocycles. The van der Waals surface area contributed by atoms with Gasteiger partial charge in [-0.15, -0.1) is 6.58 Å². The van der Waals surface area contributed by atoms with Crippen molar-refractivity contribution >= 4 is 0 Å². The van der Waals surface area contributed by atoms with Crippen molar-refractivity contribution in [1.29, 1.82) is 0 Å². The standard InChI is InChI=1S/C11H19F/c1-5-7-8-10(9(3)4)11(12)6-2/h6-11H,2,5H2,1,3-4H3/b8-7+. The summed E-state index contributed by atoms with van der Waals surface area (Å²) in [6.07, 6.45) is 5.41. The lowest BCUT2D eigenvalue weighted by molar-refractivity contribution is 0.269. The Morgan fingerprint density at radius 2 is 2.00 bits per heavy atom. The first-order chi connectivity index (χ1) is 5.63. The molecule has 0 saturated carbocycles. The average molecular weight is 170 g/mol. The Bertz CT molecular complexity index is 147. The lowest BCUT2D eigenvalue weighted by Gasteiger charge is -2.18. The van der Waals surface area contributed by atoms with Gasteiger partial charge in [0.2, 0.25) is 0 Å². The Morgan fingerprint density at radius 3 is 2.33 bits per heavy atom. The van der Waals surface area contributed by atoms with Crippen molar-refractivity contribution in [3.63, 3.8) is 0 Å². The van der Waals surface area contributed by atoms with Crippen LogP contribution in [0.15, 0.2) is 24.8 Å². The normalized spacial score (nSPS) is 16.8. The van der Waals surface area contributed by atoms with E-state index in [4.69, 9.17) is 0 Å². The lowest BCUT2D eigenvalue weighted by Crippen LogP contribution is -2.17. The fourth-order valence-electron chi connectivity index (χ4n) is 1.15. The van der Waals surface area contributed by atoms with E-state index in [0.717, 1.165) is 6.42 Å². The second-order valence-corrected chi connectivity index (χ2v) is 3.34. The van der Waals surface area contributed by atoms with E-state index >= 15 is 0 Å². The van der Waals surface area contributed by atoms with E-state index < -0.39 is 6.17 Å². The number of rotatable bonds is 5. The molecule has 0 aliphatic heterocycles. The zero-order valence-corrected chi connectivity index (χ0v) is 8.26. The number of hydrogen-bond donors (Lipinski definition) is 0. The summed E-state index contributed by atoms with van der Waals surface area (Å²) in [5.74, 6) is 0.322. The third-order valence-corrected chi connectivity index (χ3v) is 1.96. The highest BCUT2D eigenvalue weighted by Gasteiger charge is 2.18. The molecule has 0 aromatic heterocycles. The zero-order valence-electron chi connectivity index (χ0n) is 8.26. The Hall–Kier alpha value is -0.590. The van der Waals surface area contributed by atoms with E-state index in [1.165, 1.54) is 6.08 Å². The first-order valence-corrected chi connectivity index (χ1v) is 4.56. The second-order valence-electron chi connectivity index (χ2n) is 3.34. The van der Waals surface area contributed by atoms with Gasteiger partial charge >= 0.3 is 0 Å². The highest BCUT2D eigenvalue weighted by Crippen LogP contribution is 2.20. The van der Waals surface area contributed by atoms with Gasteiger partial charge in [-0.25, -0.2) is 4.39 Å². The van der Waals surface area contributed by atoms with Gasteiger partial charge in [-0.05, 0) is 12.3 Å². The number of hydrogen-bond acceptors (Lipinski definition) is 0. The summed E-state index contributed by atoms with van der Waals surface area (Å²) in [5, 5.41) is 0. The van der Waals surface area contributed by atoms with Gasteiger partial charge in [0.1, 0.15) is 6.17 Å². The molecule has 0 spiro atoms.